The number of piperazine rings is 1. The fourth-order valence-corrected chi connectivity index (χ4v) is 4.29. The minimum Gasteiger partial charge on any atom is -0.369 e. The van der Waals surface area contributed by atoms with Crippen LogP contribution < -0.4 is 4.90 Å². The van der Waals surface area contributed by atoms with Crippen LogP contribution in [0.4, 0.5) is 10.1 Å². The first-order valence-electron chi connectivity index (χ1n) is 7.55. The Kier molecular flexibility index (Phi) is 4.37. The molecule has 0 radical (unpaired) electrons. The number of halogens is 1. The van der Waals surface area contributed by atoms with Gasteiger partial charge in [-0.05, 0) is 36.8 Å². The van der Waals surface area contributed by atoms with Crippen LogP contribution in [0.15, 0.2) is 53.4 Å². The summed E-state index contributed by atoms with van der Waals surface area (Å²) < 4.78 is 40.3. The lowest BCUT2D eigenvalue weighted by molar-refractivity contribution is 0.382. The topological polar surface area (TPSA) is 40.6 Å². The number of benzene rings is 2. The summed E-state index contributed by atoms with van der Waals surface area (Å²) in [6.07, 6.45) is 0. The van der Waals surface area contributed by atoms with Gasteiger partial charge in [-0.2, -0.15) is 4.31 Å². The minimum absolute atomic E-state index is 0.246. The van der Waals surface area contributed by atoms with Crippen molar-refractivity contribution in [2.45, 2.75) is 11.8 Å². The highest BCUT2D eigenvalue weighted by Crippen LogP contribution is 2.23. The van der Waals surface area contributed by atoms with Gasteiger partial charge < -0.3 is 4.90 Å². The van der Waals surface area contributed by atoms with Crippen LogP contribution in [-0.2, 0) is 10.0 Å². The Morgan fingerprint density at radius 3 is 2.30 bits per heavy atom. The van der Waals surface area contributed by atoms with E-state index in [0.29, 0.717) is 26.2 Å². The van der Waals surface area contributed by atoms with Gasteiger partial charge in [0.25, 0.3) is 0 Å². The van der Waals surface area contributed by atoms with E-state index in [4.69, 9.17) is 0 Å². The number of hydrogen-bond donors (Lipinski definition) is 0. The molecule has 0 bridgehead atoms. The van der Waals surface area contributed by atoms with E-state index in [0.717, 1.165) is 5.69 Å². The quantitative estimate of drug-likeness (QED) is 0.866. The van der Waals surface area contributed by atoms with Gasteiger partial charge in [-0.25, -0.2) is 12.8 Å². The van der Waals surface area contributed by atoms with Crippen molar-refractivity contribution in [1.29, 1.82) is 0 Å². The van der Waals surface area contributed by atoms with Crippen molar-refractivity contribution in [2.75, 3.05) is 31.1 Å². The molecule has 1 aliphatic heterocycles. The van der Waals surface area contributed by atoms with E-state index in [1.54, 1.807) is 6.07 Å². The monoisotopic (exact) mass is 334 g/mol. The second kappa shape index (κ2) is 6.29. The molecule has 0 spiro atoms. The molecule has 2 aromatic rings. The Bertz CT molecular complexity index is 800. The molecule has 0 aliphatic carbocycles. The largest absolute Gasteiger partial charge is 0.369 e. The summed E-state index contributed by atoms with van der Waals surface area (Å²) in [6.45, 7) is 3.92. The Balaban J connectivity index is 1.75. The fraction of sp³-hybridized carbons (Fsp3) is 0.294. The Labute approximate surface area is 136 Å². The van der Waals surface area contributed by atoms with E-state index >= 15 is 0 Å². The number of nitrogens with zero attached hydrogens (tertiary/aromatic N) is 2. The Morgan fingerprint density at radius 1 is 0.957 bits per heavy atom. The van der Waals surface area contributed by atoms with Crippen molar-refractivity contribution < 1.29 is 12.8 Å². The van der Waals surface area contributed by atoms with Gasteiger partial charge in [0.2, 0.25) is 10.0 Å². The zero-order chi connectivity index (χ0) is 16.4. The van der Waals surface area contributed by atoms with Crippen LogP contribution in [-0.4, -0.2) is 38.9 Å². The molecule has 6 heteroatoms. The lowest BCUT2D eigenvalue weighted by Crippen LogP contribution is -2.48. The number of aryl methyl sites for hydroxylation is 1. The highest BCUT2D eigenvalue weighted by molar-refractivity contribution is 7.89. The van der Waals surface area contributed by atoms with Crippen molar-refractivity contribution in [1.82, 2.24) is 4.31 Å². The first kappa shape index (κ1) is 16.0. The van der Waals surface area contributed by atoms with Gasteiger partial charge in [-0.1, -0.05) is 24.3 Å². The number of hydrogen-bond acceptors (Lipinski definition) is 3. The van der Waals surface area contributed by atoms with Crippen molar-refractivity contribution in [3.05, 3.63) is 59.9 Å². The smallest absolute Gasteiger partial charge is 0.246 e. The van der Waals surface area contributed by atoms with Crippen LogP contribution in [0.3, 0.4) is 0 Å². The van der Waals surface area contributed by atoms with Crippen LogP contribution in [0.25, 0.3) is 0 Å². The predicted octanol–water partition coefficient (Wildman–Crippen LogP) is 2.65. The van der Waals surface area contributed by atoms with Crippen molar-refractivity contribution in [3.63, 3.8) is 0 Å². The lowest BCUT2D eigenvalue weighted by Gasteiger charge is -2.35. The second-order valence-electron chi connectivity index (χ2n) is 5.66. The maximum absolute atomic E-state index is 13.8. The molecule has 3 rings (SSSR count). The molecule has 0 amide bonds. The van der Waals surface area contributed by atoms with Gasteiger partial charge in [0.05, 0.1) is 0 Å². The molecule has 0 N–H and O–H groups in total. The van der Waals surface area contributed by atoms with E-state index in [1.807, 2.05) is 25.1 Å². The number of rotatable bonds is 3. The molecule has 0 saturated carbocycles. The average Bonchev–Trinajstić information content (AvgIpc) is 2.55. The molecular formula is C17H19FN2O2S. The zero-order valence-corrected chi connectivity index (χ0v) is 13.8. The lowest BCUT2D eigenvalue weighted by atomic mass is 10.2. The molecule has 2 aromatic carbocycles. The molecule has 4 nitrogen and oxygen atoms in total. The molecule has 1 heterocycles. The van der Waals surface area contributed by atoms with Gasteiger partial charge >= 0.3 is 0 Å². The van der Waals surface area contributed by atoms with Crippen LogP contribution >= 0.6 is 0 Å². The average molecular weight is 334 g/mol. The van der Waals surface area contributed by atoms with Gasteiger partial charge in [0.1, 0.15) is 10.7 Å². The van der Waals surface area contributed by atoms with Gasteiger partial charge in [-0.3, -0.25) is 0 Å². The Hall–Kier alpha value is -1.92. The van der Waals surface area contributed by atoms with Crippen molar-refractivity contribution in [2.24, 2.45) is 0 Å². The third-order valence-electron chi connectivity index (χ3n) is 4.06. The summed E-state index contributed by atoms with van der Waals surface area (Å²) in [4.78, 5) is 1.91. The molecule has 1 saturated heterocycles. The molecule has 122 valence electrons. The molecule has 0 atom stereocenters. The second-order valence-corrected chi connectivity index (χ2v) is 7.57. The summed E-state index contributed by atoms with van der Waals surface area (Å²) in [5, 5.41) is 0. The first-order chi connectivity index (χ1) is 11.0. The molecule has 1 fully saturated rings. The van der Waals surface area contributed by atoms with E-state index in [-0.39, 0.29) is 4.90 Å². The summed E-state index contributed by atoms with van der Waals surface area (Å²) >= 11 is 0. The summed E-state index contributed by atoms with van der Waals surface area (Å²) in [5.41, 5.74) is 2.26. The van der Waals surface area contributed by atoms with Gasteiger partial charge in [0, 0.05) is 31.9 Å². The highest BCUT2D eigenvalue weighted by Gasteiger charge is 2.30. The zero-order valence-electron chi connectivity index (χ0n) is 12.9. The van der Waals surface area contributed by atoms with Crippen molar-refractivity contribution >= 4 is 15.7 Å². The molecule has 1 aliphatic rings. The number of anilines is 1. The van der Waals surface area contributed by atoms with Gasteiger partial charge in [0.15, 0.2) is 0 Å². The third kappa shape index (κ3) is 3.23. The van der Waals surface area contributed by atoms with Crippen LogP contribution in [0.1, 0.15) is 5.56 Å². The highest BCUT2D eigenvalue weighted by atomic mass is 32.2. The number of sulfonamides is 1. The maximum Gasteiger partial charge on any atom is 0.246 e. The first-order valence-corrected chi connectivity index (χ1v) is 8.99. The maximum atomic E-state index is 13.8. The van der Waals surface area contributed by atoms with Crippen LogP contribution in [0, 0.1) is 12.7 Å². The molecular weight excluding hydrogens is 315 g/mol. The molecule has 23 heavy (non-hydrogen) atoms. The Morgan fingerprint density at radius 2 is 1.65 bits per heavy atom. The minimum atomic E-state index is -3.77. The van der Waals surface area contributed by atoms with Crippen LogP contribution in [0.2, 0.25) is 0 Å². The molecule has 0 unspecified atom stereocenters. The third-order valence-corrected chi connectivity index (χ3v) is 5.99. The summed E-state index contributed by atoms with van der Waals surface area (Å²) in [6, 6.07) is 13.7. The van der Waals surface area contributed by atoms with Crippen molar-refractivity contribution in [3.8, 4) is 0 Å². The van der Waals surface area contributed by atoms with Gasteiger partial charge in [-0.15, -0.1) is 0 Å². The fourth-order valence-electron chi connectivity index (χ4n) is 2.80. The van der Waals surface area contributed by atoms with E-state index < -0.39 is 15.8 Å². The van der Waals surface area contributed by atoms with E-state index in [2.05, 4.69) is 11.0 Å². The predicted molar refractivity (Wildman–Crippen MR) is 88.6 cm³/mol. The normalized spacial score (nSPS) is 16.5. The molecule has 0 aromatic heterocycles. The summed E-state index contributed by atoms with van der Waals surface area (Å²) in [7, 11) is -3.77. The summed E-state index contributed by atoms with van der Waals surface area (Å²) in [5.74, 6) is -0.700. The van der Waals surface area contributed by atoms with E-state index in [1.165, 1.54) is 28.1 Å². The SMILES string of the molecule is Cc1cccc(N2CCN(S(=O)(=O)c3ccccc3F)CC2)c1. The standard InChI is InChI=1S/C17H19FN2O2S/c1-14-5-4-6-15(13-14)19-9-11-20(12-10-19)23(21,22)17-8-3-2-7-16(17)18/h2-8,13H,9-12H2,1H3. The van der Waals surface area contributed by atoms with Crippen LogP contribution in [0.5, 0.6) is 0 Å². The van der Waals surface area contributed by atoms with E-state index in [9.17, 15) is 12.8 Å².